The average Bonchev–Trinajstić information content (AvgIpc) is 2.82. The molecule has 1 aromatic heterocycles. The van der Waals surface area contributed by atoms with E-state index >= 15 is 0 Å². The molecular weight excluding hydrogens is 226 g/mol. The third-order valence-electron chi connectivity index (χ3n) is 1.90. The zero-order chi connectivity index (χ0) is 11.4. The van der Waals surface area contributed by atoms with Crippen LogP contribution in [-0.2, 0) is 0 Å². The zero-order valence-corrected chi connectivity index (χ0v) is 9.25. The number of methoxy groups -OCH3 is 1. The van der Waals surface area contributed by atoms with E-state index in [1.54, 1.807) is 31.4 Å². The van der Waals surface area contributed by atoms with Crippen LogP contribution < -0.4 is 10.1 Å². The number of nitrogens with one attached hydrogen (secondary N) is 1. The lowest BCUT2D eigenvalue weighted by molar-refractivity contribution is 0.102. The van der Waals surface area contributed by atoms with E-state index in [-0.39, 0.29) is 5.91 Å². The number of aromatic nitrogens is 2. The second kappa shape index (κ2) is 4.71. The molecule has 0 bridgehead atoms. The molecule has 2 rings (SSSR count). The molecule has 2 aromatic rings. The Hall–Kier alpha value is -1.95. The lowest BCUT2D eigenvalue weighted by Crippen LogP contribution is -2.11. The highest BCUT2D eigenvalue weighted by molar-refractivity contribution is 7.13. The van der Waals surface area contributed by atoms with Gasteiger partial charge in [0.15, 0.2) is 5.51 Å². The number of amides is 1. The third kappa shape index (κ3) is 2.34. The number of benzene rings is 1. The van der Waals surface area contributed by atoms with Crippen LogP contribution >= 0.6 is 11.3 Å². The topological polar surface area (TPSA) is 64.1 Å². The Morgan fingerprint density at radius 2 is 2.19 bits per heavy atom. The van der Waals surface area contributed by atoms with Crippen molar-refractivity contribution in [2.45, 2.75) is 0 Å². The van der Waals surface area contributed by atoms with E-state index in [4.69, 9.17) is 4.74 Å². The molecule has 1 radical (unpaired) electrons. The first-order valence-electron chi connectivity index (χ1n) is 4.44. The van der Waals surface area contributed by atoms with Gasteiger partial charge in [-0.3, -0.25) is 10.1 Å². The number of ether oxygens (including phenoxy) is 1. The summed E-state index contributed by atoms with van der Waals surface area (Å²) in [6.45, 7) is 0. The van der Waals surface area contributed by atoms with Crippen LogP contribution in [0.25, 0.3) is 0 Å². The predicted octanol–water partition coefficient (Wildman–Crippen LogP) is 1.60. The van der Waals surface area contributed by atoms with Crippen molar-refractivity contribution in [3.63, 3.8) is 0 Å². The minimum absolute atomic E-state index is 0.229. The van der Waals surface area contributed by atoms with E-state index in [1.807, 2.05) is 0 Å². The van der Waals surface area contributed by atoms with Crippen LogP contribution in [0.1, 0.15) is 10.4 Å². The molecular formula is C10H8N3O2S. The van der Waals surface area contributed by atoms with Crippen molar-refractivity contribution in [1.82, 2.24) is 10.2 Å². The molecule has 0 aliphatic heterocycles. The van der Waals surface area contributed by atoms with Gasteiger partial charge >= 0.3 is 0 Å². The normalized spacial score (nSPS) is 9.81. The number of rotatable bonds is 3. The SMILES string of the molecule is COc1ccc(C(=O)Nc2nn[c]s2)cc1. The minimum atomic E-state index is -0.229. The van der Waals surface area contributed by atoms with E-state index < -0.39 is 0 Å². The van der Waals surface area contributed by atoms with Crippen LogP contribution in [0.4, 0.5) is 5.13 Å². The Bertz CT molecular complexity index is 467. The van der Waals surface area contributed by atoms with Gasteiger partial charge in [-0.2, -0.15) is 0 Å². The van der Waals surface area contributed by atoms with E-state index in [2.05, 4.69) is 21.0 Å². The van der Waals surface area contributed by atoms with Gasteiger partial charge in [-0.15, -0.1) is 10.2 Å². The summed E-state index contributed by atoms with van der Waals surface area (Å²) < 4.78 is 5.00. The summed E-state index contributed by atoms with van der Waals surface area (Å²) >= 11 is 1.15. The predicted molar refractivity (Wildman–Crippen MR) is 59.7 cm³/mol. The standard InChI is InChI=1S/C10H8N3O2S/c1-15-8-4-2-7(3-5-8)9(14)12-10-13-11-6-16-10/h2-5H,1H3,(H,12,13,14). The first-order valence-corrected chi connectivity index (χ1v) is 5.26. The van der Waals surface area contributed by atoms with Gasteiger partial charge in [-0.05, 0) is 24.3 Å². The molecule has 81 valence electrons. The molecule has 0 saturated heterocycles. The number of carbonyl (C=O) groups is 1. The highest BCUT2D eigenvalue weighted by Crippen LogP contribution is 2.13. The Labute approximate surface area is 96.1 Å². The average molecular weight is 234 g/mol. The Morgan fingerprint density at radius 3 is 2.75 bits per heavy atom. The number of nitrogens with zero attached hydrogens (tertiary/aromatic N) is 2. The maximum Gasteiger partial charge on any atom is 0.257 e. The Balaban J connectivity index is 2.09. The van der Waals surface area contributed by atoms with E-state index in [9.17, 15) is 4.79 Å². The van der Waals surface area contributed by atoms with Gasteiger partial charge in [0.2, 0.25) is 5.13 Å². The van der Waals surface area contributed by atoms with Gasteiger partial charge in [-0.1, -0.05) is 11.3 Å². The molecule has 0 unspecified atom stereocenters. The fourth-order valence-corrected chi connectivity index (χ4v) is 1.51. The van der Waals surface area contributed by atoms with Gasteiger partial charge in [0, 0.05) is 5.56 Å². The van der Waals surface area contributed by atoms with E-state index in [0.29, 0.717) is 16.4 Å². The Kier molecular flexibility index (Phi) is 3.11. The molecule has 1 heterocycles. The summed E-state index contributed by atoms with van der Waals surface area (Å²) in [5, 5.41) is 10.2. The molecule has 0 spiro atoms. The van der Waals surface area contributed by atoms with Gasteiger partial charge in [0.05, 0.1) is 7.11 Å². The second-order valence-corrected chi connectivity index (χ2v) is 3.65. The van der Waals surface area contributed by atoms with Gasteiger partial charge in [0.1, 0.15) is 5.75 Å². The van der Waals surface area contributed by atoms with Crippen LogP contribution in [0, 0.1) is 5.51 Å². The molecule has 0 aliphatic carbocycles. The molecule has 1 N–H and O–H groups in total. The summed E-state index contributed by atoms with van der Waals surface area (Å²) in [5.74, 6) is 0.480. The molecule has 16 heavy (non-hydrogen) atoms. The number of hydrogen-bond acceptors (Lipinski definition) is 5. The van der Waals surface area contributed by atoms with Crippen molar-refractivity contribution >= 4 is 22.4 Å². The number of carbonyl (C=O) groups excluding carboxylic acids is 1. The van der Waals surface area contributed by atoms with Crippen molar-refractivity contribution in [2.24, 2.45) is 0 Å². The van der Waals surface area contributed by atoms with Crippen molar-refractivity contribution < 1.29 is 9.53 Å². The second-order valence-electron chi connectivity index (χ2n) is 2.88. The van der Waals surface area contributed by atoms with Crippen molar-refractivity contribution in [3.05, 3.63) is 35.3 Å². The summed E-state index contributed by atoms with van der Waals surface area (Å²) in [6.07, 6.45) is 0. The molecule has 0 atom stereocenters. The zero-order valence-electron chi connectivity index (χ0n) is 8.43. The van der Waals surface area contributed by atoms with Crippen LogP contribution in [0.15, 0.2) is 24.3 Å². The third-order valence-corrected chi connectivity index (χ3v) is 2.45. The smallest absolute Gasteiger partial charge is 0.257 e. The lowest BCUT2D eigenvalue weighted by Gasteiger charge is -2.02. The van der Waals surface area contributed by atoms with Crippen LogP contribution in [0.2, 0.25) is 0 Å². The minimum Gasteiger partial charge on any atom is -0.497 e. The van der Waals surface area contributed by atoms with Gasteiger partial charge in [0.25, 0.3) is 5.91 Å². The van der Waals surface area contributed by atoms with Gasteiger partial charge in [-0.25, -0.2) is 0 Å². The van der Waals surface area contributed by atoms with Crippen LogP contribution in [-0.4, -0.2) is 23.2 Å². The molecule has 1 aromatic carbocycles. The summed E-state index contributed by atoms with van der Waals surface area (Å²) in [6, 6.07) is 6.81. The quantitative estimate of drug-likeness (QED) is 0.876. The molecule has 6 heteroatoms. The van der Waals surface area contributed by atoms with Crippen molar-refractivity contribution in [2.75, 3.05) is 12.4 Å². The summed E-state index contributed by atoms with van der Waals surface area (Å²) in [7, 11) is 1.58. The molecule has 0 saturated carbocycles. The molecule has 1 amide bonds. The maximum atomic E-state index is 11.7. The fourth-order valence-electron chi connectivity index (χ4n) is 1.11. The van der Waals surface area contributed by atoms with Crippen molar-refractivity contribution in [3.8, 4) is 5.75 Å². The van der Waals surface area contributed by atoms with Crippen molar-refractivity contribution in [1.29, 1.82) is 0 Å². The first kappa shape index (κ1) is 10.6. The maximum absolute atomic E-state index is 11.7. The highest BCUT2D eigenvalue weighted by Gasteiger charge is 2.07. The lowest BCUT2D eigenvalue weighted by atomic mass is 10.2. The summed E-state index contributed by atoms with van der Waals surface area (Å²) in [5.41, 5.74) is 3.09. The van der Waals surface area contributed by atoms with E-state index in [0.717, 1.165) is 11.3 Å². The number of anilines is 1. The van der Waals surface area contributed by atoms with Crippen LogP contribution in [0.5, 0.6) is 5.75 Å². The van der Waals surface area contributed by atoms with E-state index in [1.165, 1.54) is 0 Å². The fraction of sp³-hybridized carbons (Fsp3) is 0.100. The van der Waals surface area contributed by atoms with Crippen LogP contribution in [0.3, 0.4) is 0 Å². The Morgan fingerprint density at radius 1 is 1.44 bits per heavy atom. The molecule has 0 fully saturated rings. The number of hydrogen-bond donors (Lipinski definition) is 1. The first-order chi connectivity index (χ1) is 7.79. The monoisotopic (exact) mass is 234 g/mol. The molecule has 5 nitrogen and oxygen atoms in total. The van der Waals surface area contributed by atoms with Gasteiger partial charge < -0.3 is 4.74 Å². The highest BCUT2D eigenvalue weighted by atomic mass is 32.1. The molecule has 0 aliphatic rings. The largest absolute Gasteiger partial charge is 0.497 e. The summed E-state index contributed by atoms with van der Waals surface area (Å²) in [4.78, 5) is 11.7.